The van der Waals surface area contributed by atoms with E-state index in [2.05, 4.69) is 15.3 Å². The summed E-state index contributed by atoms with van der Waals surface area (Å²) in [7, 11) is 0. The molecule has 0 aliphatic carbocycles. The van der Waals surface area contributed by atoms with Crippen molar-refractivity contribution in [1.82, 2.24) is 9.97 Å². The van der Waals surface area contributed by atoms with Gasteiger partial charge in [0.2, 0.25) is 0 Å². The Kier molecular flexibility index (Phi) is 4.09. The summed E-state index contributed by atoms with van der Waals surface area (Å²) >= 11 is 5.74. The van der Waals surface area contributed by atoms with Crippen LogP contribution in [-0.4, -0.2) is 16.1 Å². The summed E-state index contributed by atoms with van der Waals surface area (Å²) in [5.74, 6) is 0.178. The van der Waals surface area contributed by atoms with Crippen molar-refractivity contribution in [3.63, 3.8) is 0 Å². The van der Waals surface area contributed by atoms with Crippen LogP contribution in [0.4, 0.5) is 10.6 Å². The minimum atomic E-state index is -0.624. The molecule has 1 amide bonds. The molecule has 1 N–H and O–H groups in total. The maximum atomic E-state index is 11.5. The number of carbonyl (C=O) groups excluding carboxylic acids is 1. The zero-order valence-electron chi connectivity index (χ0n) is 9.34. The predicted octanol–water partition coefficient (Wildman–Crippen LogP) is 2.88. The minimum Gasteiger partial charge on any atom is -0.444 e. The van der Waals surface area contributed by atoms with E-state index in [1.54, 1.807) is 0 Å². The van der Waals surface area contributed by atoms with E-state index in [0.717, 1.165) is 5.56 Å². The Bertz CT molecular complexity index is 534. The van der Waals surface area contributed by atoms with Gasteiger partial charge in [-0.2, -0.15) is 0 Å². The smallest absolute Gasteiger partial charge is 0.413 e. The van der Waals surface area contributed by atoms with Gasteiger partial charge in [-0.25, -0.2) is 14.8 Å². The summed E-state index contributed by atoms with van der Waals surface area (Å²) in [4.78, 5) is 19.1. The number of hydrogen-bond acceptors (Lipinski definition) is 4. The Hall–Kier alpha value is -2.14. The van der Waals surface area contributed by atoms with Crippen LogP contribution in [0.25, 0.3) is 0 Å². The summed E-state index contributed by atoms with van der Waals surface area (Å²) in [5.41, 5.74) is 0.901. The normalized spacial score (nSPS) is 9.83. The van der Waals surface area contributed by atoms with Crippen LogP contribution in [-0.2, 0) is 11.3 Å². The molecule has 2 aromatic rings. The van der Waals surface area contributed by atoms with Crippen LogP contribution in [0.1, 0.15) is 5.56 Å². The van der Waals surface area contributed by atoms with Crippen molar-refractivity contribution in [3.05, 3.63) is 53.4 Å². The molecule has 1 heterocycles. The first kappa shape index (κ1) is 12.3. The molecule has 1 aromatic carbocycles. The van der Waals surface area contributed by atoms with E-state index < -0.39 is 6.09 Å². The van der Waals surface area contributed by atoms with Crippen LogP contribution in [0.2, 0.25) is 5.15 Å². The van der Waals surface area contributed by atoms with Gasteiger partial charge in [-0.3, -0.25) is 5.32 Å². The second-order valence-electron chi connectivity index (χ2n) is 3.38. The molecular weight excluding hydrogens is 254 g/mol. The van der Waals surface area contributed by atoms with Crippen molar-refractivity contribution in [2.45, 2.75) is 6.61 Å². The molecule has 0 spiro atoms. The van der Waals surface area contributed by atoms with Crippen molar-refractivity contribution in [1.29, 1.82) is 0 Å². The third-order valence-corrected chi connectivity index (χ3v) is 2.36. The molecule has 0 saturated heterocycles. The average Bonchev–Trinajstić information content (AvgIpc) is 2.40. The molecule has 0 bridgehead atoms. The van der Waals surface area contributed by atoms with Crippen molar-refractivity contribution < 1.29 is 9.53 Å². The van der Waals surface area contributed by atoms with E-state index in [1.165, 1.54) is 12.4 Å². The first-order chi connectivity index (χ1) is 8.75. The van der Waals surface area contributed by atoms with Gasteiger partial charge in [0.05, 0.1) is 0 Å². The molecular formula is C12H10ClN3O2. The van der Waals surface area contributed by atoms with Crippen LogP contribution in [0.3, 0.4) is 0 Å². The van der Waals surface area contributed by atoms with Crippen molar-refractivity contribution in [2.24, 2.45) is 0 Å². The highest BCUT2D eigenvalue weighted by Crippen LogP contribution is 2.14. The average molecular weight is 264 g/mol. The number of carbonyl (C=O) groups is 1. The fraction of sp³-hybridized carbons (Fsp3) is 0.0833. The van der Waals surface area contributed by atoms with Gasteiger partial charge in [0.1, 0.15) is 6.61 Å². The van der Waals surface area contributed by atoms with Gasteiger partial charge in [-0.1, -0.05) is 41.9 Å². The molecule has 0 fully saturated rings. The quantitative estimate of drug-likeness (QED) is 0.925. The number of anilines is 1. The van der Waals surface area contributed by atoms with Crippen LogP contribution in [0.5, 0.6) is 0 Å². The summed E-state index contributed by atoms with van der Waals surface area (Å²) in [6.07, 6.45) is 2.24. The fourth-order valence-corrected chi connectivity index (χ4v) is 1.41. The summed E-state index contributed by atoms with van der Waals surface area (Å²) < 4.78 is 5.01. The monoisotopic (exact) mass is 263 g/mol. The molecule has 1 aromatic heterocycles. The molecule has 92 valence electrons. The Morgan fingerprint density at radius 3 is 2.67 bits per heavy atom. The van der Waals surface area contributed by atoms with Gasteiger partial charge < -0.3 is 4.74 Å². The highest BCUT2D eigenvalue weighted by Gasteiger charge is 2.08. The van der Waals surface area contributed by atoms with Gasteiger partial charge >= 0.3 is 6.09 Å². The van der Waals surface area contributed by atoms with Crippen LogP contribution in [0, 0.1) is 0 Å². The zero-order chi connectivity index (χ0) is 12.8. The van der Waals surface area contributed by atoms with Gasteiger partial charge in [0.15, 0.2) is 11.0 Å². The van der Waals surface area contributed by atoms with E-state index in [1.807, 2.05) is 30.3 Å². The second kappa shape index (κ2) is 5.97. The van der Waals surface area contributed by atoms with Crippen LogP contribution < -0.4 is 5.32 Å². The van der Waals surface area contributed by atoms with Crippen molar-refractivity contribution in [2.75, 3.05) is 5.32 Å². The Morgan fingerprint density at radius 1 is 1.22 bits per heavy atom. The standard InChI is InChI=1S/C12H10ClN3O2/c13-10-11(15-7-6-14-10)16-12(17)18-8-9-4-2-1-3-5-9/h1-7H,8H2,(H,15,16,17). The number of nitrogens with zero attached hydrogens (tertiary/aromatic N) is 2. The van der Waals surface area contributed by atoms with E-state index >= 15 is 0 Å². The lowest BCUT2D eigenvalue weighted by Crippen LogP contribution is -2.15. The van der Waals surface area contributed by atoms with E-state index in [9.17, 15) is 4.79 Å². The molecule has 0 unspecified atom stereocenters. The van der Waals surface area contributed by atoms with E-state index in [4.69, 9.17) is 16.3 Å². The molecule has 5 nitrogen and oxygen atoms in total. The number of nitrogens with one attached hydrogen (secondary N) is 1. The molecule has 0 aliphatic rings. The van der Waals surface area contributed by atoms with Crippen molar-refractivity contribution in [3.8, 4) is 0 Å². The third kappa shape index (κ3) is 3.43. The molecule has 18 heavy (non-hydrogen) atoms. The Balaban J connectivity index is 1.88. The minimum absolute atomic E-state index is 0.120. The molecule has 0 radical (unpaired) electrons. The molecule has 6 heteroatoms. The summed E-state index contributed by atoms with van der Waals surface area (Å²) in [6, 6.07) is 9.36. The van der Waals surface area contributed by atoms with Gasteiger partial charge in [0.25, 0.3) is 0 Å². The van der Waals surface area contributed by atoms with Crippen LogP contribution in [0.15, 0.2) is 42.7 Å². The fourth-order valence-electron chi connectivity index (χ4n) is 1.26. The Labute approximate surface area is 109 Å². The molecule has 0 aliphatic heterocycles. The first-order valence-corrected chi connectivity index (χ1v) is 5.58. The summed E-state index contributed by atoms with van der Waals surface area (Å²) in [6.45, 7) is 0.185. The SMILES string of the molecule is O=C(Nc1nccnc1Cl)OCc1ccccc1. The first-order valence-electron chi connectivity index (χ1n) is 5.20. The zero-order valence-corrected chi connectivity index (χ0v) is 10.1. The number of halogens is 1. The highest BCUT2D eigenvalue weighted by atomic mass is 35.5. The van der Waals surface area contributed by atoms with Gasteiger partial charge in [-0.05, 0) is 5.56 Å². The van der Waals surface area contributed by atoms with Crippen molar-refractivity contribution >= 4 is 23.5 Å². The number of aromatic nitrogens is 2. The lowest BCUT2D eigenvalue weighted by atomic mass is 10.2. The maximum Gasteiger partial charge on any atom is 0.413 e. The number of ether oxygens (including phenoxy) is 1. The van der Waals surface area contributed by atoms with Crippen LogP contribution >= 0.6 is 11.6 Å². The lowest BCUT2D eigenvalue weighted by molar-refractivity contribution is 0.155. The molecule has 0 atom stereocenters. The van der Waals surface area contributed by atoms with Gasteiger partial charge in [-0.15, -0.1) is 0 Å². The molecule has 0 saturated carbocycles. The number of amides is 1. The number of hydrogen-bond donors (Lipinski definition) is 1. The predicted molar refractivity (Wildman–Crippen MR) is 67.3 cm³/mol. The number of rotatable bonds is 3. The topological polar surface area (TPSA) is 64.1 Å². The third-order valence-electron chi connectivity index (χ3n) is 2.09. The second-order valence-corrected chi connectivity index (χ2v) is 3.74. The largest absolute Gasteiger partial charge is 0.444 e. The maximum absolute atomic E-state index is 11.5. The lowest BCUT2D eigenvalue weighted by Gasteiger charge is -2.06. The van der Waals surface area contributed by atoms with E-state index in [0.29, 0.717) is 0 Å². The van der Waals surface area contributed by atoms with E-state index in [-0.39, 0.29) is 17.6 Å². The Morgan fingerprint density at radius 2 is 1.94 bits per heavy atom. The van der Waals surface area contributed by atoms with Gasteiger partial charge in [0, 0.05) is 12.4 Å². The number of benzene rings is 1. The highest BCUT2D eigenvalue weighted by molar-refractivity contribution is 6.32. The molecule has 2 rings (SSSR count). The summed E-state index contributed by atoms with van der Waals surface area (Å²) in [5, 5.41) is 2.53.